The van der Waals surface area contributed by atoms with Crippen LogP contribution >= 0.6 is 0 Å². The lowest BCUT2D eigenvalue weighted by Gasteiger charge is -2.39. The lowest BCUT2D eigenvalue weighted by molar-refractivity contribution is -0.0610. The van der Waals surface area contributed by atoms with E-state index in [0.717, 1.165) is 25.7 Å². The first-order valence-electron chi connectivity index (χ1n) is 4.99. The molecule has 1 heteroatoms. The Morgan fingerprint density at radius 2 is 2.08 bits per heavy atom. The summed E-state index contributed by atoms with van der Waals surface area (Å²) >= 11 is 0. The maximum absolute atomic E-state index is 10.3. The Labute approximate surface area is 76.2 Å². The molecule has 0 aromatic rings. The fraction of sp³-hybridized carbons (Fsp3) is 0.909. The van der Waals surface area contributed by atoms with E-state index in [9.17, 15) is 5.11 Å². The van der Waals surface area contributed by atoms with Gasteiger partial charge in [0.1, 0.15) is 0 Å². The Kier molecular flexibility index (Phi) is 2.53. The topological polar surface area (TPSA) is 20.2 Å². The predicted molar refractivity (Wildman–Crippen MR) is 51.7 cm³/mol. The molecule has 0 aromatic carbocycles. The van der Waals surface area contributed by atoms with Crippen molar-refractivity contribution in [3.8, 4) is 0 Å². The molecular weight excluding hydrogens is 148 g/mol. The van der Waals surface area contributed by atoms with Gasteiger partial charge in [0, 0.05) is 0 Å². The Hall–Kier alpha value is -0.0400. The molecule has 71 valence electrons. The van der Waals surface area contributed by atoms with Crippen molar-refractivity contribution in [1.82, 2.24) is 0 Å². The molecular formula is C11H21O. The molecule has 12 heavy (non-hydrogen) atoms. The van der Waals surface area contributed by atoms with Crippen LogP contribution in [-0.2, 0) is 0 Å². The largest absolute Gasteiger partial charge is 0.389 e. The van der Waals surface area contributed by atoms with Crippen LogP contribution < -0.4 is 0 Å². The van der Waals surface area contributed by atoms with E-state index in [1.165, 1.54) is 0 Å². The first-order chi connectivity index (χ1) is 5.44. The molecule has 0 aliphatic heterocycles. The van der Waals surface area contributed by atoms with Crippen LogP contribution in [0.1, 0.15) is 46.5 Å². The lowest BCUT2D eigenvalue weighted by atomic mass is 9.72. The fourth-order valence-electron chi connectivity index (χ4n) is 2.45. The Balaban J connectivity index is 2.78. The van der Waals surface area contributed by atoms with Gasteiger partial charge in [0.05, 0.1) is 5.60 Å². The molecule has 0 amide bonds. The third-order valence-electron chi connectivity index (χ3n) is 3.86. The second-order valence-electron chi connectivity index (χ2n) is 4.69. The molecule has 1 radical (unpaired) electrons. The zero-order valence-corrected chi connectivity index (χ0v) is 8.56. The van der Waals surface area contributed by atoms with Crippen molar-refractivity contribution in [2.24, 2.45) is 11.3 Å². The lowest BCUT2D eigenvalue weighted by Crippen LogP contribution is -2.42. The Morgan fingerprint density at radius 1 is 1.50 bits per heavy atom. The normalized spacial score (nSPS) is 48.2. The average Bonchev–Trinajstić information content (AvgIpc) is 2.16. The van der Waals surface area contributed by atoms with Crippen molar-refractivity contribution in [3.05, 3.63) is 6.92 Å². The van der Waals surface area contributed by atoms with Gasteiger partial charge in [-0.25, -0.2) is 0 Å². The summed E-state index contributed by atoms with van der Waals surface area (Å²) in [4.78, 5) is 0. The quantitative estimate of drug-likeness (QED) is 0.674. The molecule has 1 saturated carbocycles. The van der Waals surface area contributed by atoms with Gasteiger partial charge in [-0.1, -0.05) is 20.3 Å². The number of hydrogen-bond acceptors (Lipinski definition) is 1. The molecule has 1 rings (SSSR count). The van der Waals surface area contributed by atoms with Gasteiger partial charge < -0.3 is 5.11 Å². The number of rotatable bonds is 2. The summed E-state index contributed by atoms with van der Waals surface area (Å²) in [5.41, 5.74) is -0.447. The third-order valence-corrected chi connectivity index (χ3v) is 3.86. The standard InChI is InChI=1S/C11H21O/c1-5-7-10(3)8-6-9(2)11(10,4)12/h9,12H,2,5-8H2,1,3-4H3/t9-,10-,11+/m1/s1. The first kappa shape index (κ1) is 10.0. The number of aliphatic hydroxyl groups is 1. The van der Waals surface area contributed by atoms with Gasteiger partial charge in [-0.15, -0.1) is 0 Å². The Morgan fingerprint density at radius 3 is 2.42 bits per heavy atom. The molecule has 1 aliphatic rings. The first-order valence-corrected chi connectivity index (χ1v) is 4.99. The average molecular weight is 169 g/mol. The van der Waals surface area contributed by atoms with Crippen LogP contribution in [0.3, 0.4) is 0 Å². The van der Waals surface area contributed by atoms with Crippen molar-refractivity contribution in [2.45, 2.75) is 52.1 Å². The molecule has 0 aromatic heterocycles. The van der Waals surface area contributed by atoms with Crippen molar-refractivity contribution >= 4 is 0 Å². The van der Waals surface area contributed by atoms with E-state index in [0.29, 0.717) is 0 Å². The van der Waals surface area contributed by atoms with E-state index in [-0.39, 0.29) is 11.3 Å². The minimum atomic E-state index is -0.553. The van der Waals surface area contributed by atoms with Gasteiger partial charge in [-0.2, -0.15) is 0 Å². The van der Waals surface area contributed by atoms with Crippen molar-refractivity contribution in [1.29, 1.82) is 0 Å². The summed E-state index contributed by atoms with van der Waals surface area (Å²) in [5.74, 6) is 0.217. The molecule has 1 N–H and O–H groups in total. The molecule has 1 aliphatic carbocycles. The molecule has 0 unspecified atom stereocenters. The van der Waals surface area contributed by atoms with Gasteiger partial charge in [0.2, 0.25) is 0 Å². The highest BCUT2D eigenvalue weighted by molar-refractivity contribution is 5.03. The molecule has 1 nitrogen and oxygen atoms in total. The summed E-state index contributed by atoms with van der Waals surface area (Å²) < 4.78 is 0. The van der Waals surface area contributed by atoms with Crippen LogP contribution in [0, 0.1) is 18.3 Å². The van der Waals surface area contributed by atoms with Crippen LogP contribution in [0.25, 0.3) is 0 Å². The fourth-order valence-corrected chi connectivity index (χ4v) is 2.45. The summed E-state index contributed by atoms with van der Waals surface area (Å²) in [5, 5.41) is 10.3. The smallest absolute Gasteiger partial charge is 0.0701 e. The SMILES string of the molecule is [CH2][C@@H]1CC[C@@](C)(CCC)[C@@]1(C)O. The van der Waals surface area contributed by atoms with E-state index in [2.05, 4.69) is 20.8 Å². The van der Waals surface area contributed by atoms with Gasteiger partial charge in [0.25, 0.3) is 0 Å². The minimum Gasteiger partial charge on any atom is -0.389 e. The van der Waals surface area contributed by atoms with Gasteiger partial charge >= 0.3 is 0 Å². The van der Waals surface area contributed by atoms with Crippen LogP contribution in [0.4, 0.5) is 0 Å². The minimum absolute atomic E-state index is 0.105. The van der Waals surface area contributed by atoms with E-state index >= 15 is 0 Å². The second kappa shape index (κ2) is 3.02. The van der Waals surface area contributed by atoms with E-state index in [1.54, 1.807) is 0 Å². The molecule has 0 bridgehead atoms. The summed E-state index contributed by atoms with van der Waals surface area (Å²) in [7, 11) is 0. The summed E-state index contributed by atoms with van der Waals surface area (Å²) in [6.07, 6.45) is 4.47. The van der Waals surface area contributed by atoms with Gasteiger partial charge in [-0.3, -0.25) is 0 Å². The predicted octanol–water partition coefficient (Wildman–Crippen LogP) is 2.79. The van der Waals surface area contributed by atoms with Crippen LogP contribution in [0.5, 0.6) is 0 Å². The van der Waals surface area contributed by atoms with E-state index in [4.69, 9.17) is 0 Å². The van der Waals surface area contributed by atoms with Gasteiger partial charge in [-0.05, 0) is 44.4 Å². The second-order valence-corrected chi connectivity index (χ2v) is 4.69. The van der Waals surface area contributed by atoms with E-state index in [1.807, 2.05) is 6.92 Å². The zero-order valence-electron chi connectivity index (χ0n) is 8.56. The highest BCUT2D eigenvalue weighted by atomic mass is 16.3. The summed E-state index contributed by atoms with van der Waals surface area (Å²) in [6, 6.07) is 0. The molecule has 3 atom stereocenters. The van der Waals surface area contributed by atoms with Crippen LogP contribution in [0.15, 0.2) is 0 Å². The Bertz CT molecular complexity index is 158. The van der Waals surface area contributed by atoms with Crippen molar-refractivity contribution in [2.75, 3.05) is 0 Å². The van der Waals surface area contributed by atoms with Crippen LogP contribution in [-0.4, -0.2) is 10.7 Å². The van der Waals surface area contributed by atoms with Crippen molar-refractivity contribution in [3.63, 3.8) is 0 Å². The highest BCUT2D eigenvalue weighted by Crippen LogP contribution is 2.51. The summed E-state index contributed by atoms with van der Waals surface area (Å²) in [6.45, 7) is 10.3. The maximum atomic E-state index is 10.3. The molecule has 1 fully saturated rings. The third kappa shape index (κ3) is 1.28. The number of hydrogen-bond donors (Lipinski definition) is 1. The van der Waals surface area contributed by atoms with Crippen molar-refractivity contribution < 1.29 is 5.11 Å². The maximum Gasteiger partial charge on any atom is 0.0701 e. The zero-order chi connectivity index (χ0) is 9.41. The molecule has 0 saturated heterocycles. The van der Waals surface area contributed by atoms with Gasteiger partial charge in [0.15, 0.2) is 0 Å². The molecule has 0 heterocycles. The van der Waals surface area contributed by atoms with E-state index < -0.39 is 5.60 Å². The molecule has 0 spiro atoms. The highest BCUT2D eigenvalue weighted by Gasteiger charge is 2.50. The van der Waals surface area contributed by atoms with Crippen LogP contribution in [0.2, 0.25) is 0 Å². The monoisotopic (exact) mass is 169 g/mol.